The molecule has 0 bridgehead atoms. The van der Waals surface area contributed by atoms with Gasteiger partial charge in [-0.25, -0.2) is 0 Å². The third kappa shape index (κ3) is 5.18. The van der Waals surface area contributed by atoms with E-state index in [1.807, 2.05) is 30.3 Å². The van der Waals surface area contributed by atoms with Crippen LogP contribution in [0.4, 0.5) is 0 Å². The van der Waals surface area contributed by atoms with Crippen LogP contribution in [0.15, 0.2) is 42.5 Å². The minimum atomic E-state index is -0.359. The highest BCUT2D eigenvalue weighted by Crippen LogP contribution is 2.26. The van der Waals surface area contributed by atoms with Gasteiger partial charge in [-0.15, -0.1) is 0 Å². The smallest absolute Gasteiger partial charge is 0.120 e. The fourth-order valence-corrected chi connectivity index (χ4v) is 2.50. The summed E-state index contributed by atoms with van der Waals surface area (Å²) in [5.74, 6) is 0.757. The van der Waals surface area contributed by atoms with Crippen LogP contribution in [0.2, 0.25) is 10.0 Å². The van der Waals surface area contributed by atoms with E-state index in [4.69, 9.17) is 27.9 Å². The molecular formula is C17H19Cl2NO2. The van der Waals surface area contributed by atoms with Crippen molar-refractivity contribution in [1.29, 1.82) is 0 Å². The van der Waals surface area contributed by atoms with E-state index in [-0.39, 0.29) is 6.10 Å². The number of nitrogens with one attached hydrogen (secondary N) is 1. The normalized spacial score (nSPS) is 12.2. The van der Waals surface area contributed by atoms with Gasteiger partial charge in [0.1, 0.15) is 12.4 Å². The maximum absolute atomic E-state index is 9.24. The molecule has 0 spiro atoms. The SMILES string of the molecule is C[C@H](O)CNCc1cccc(OCc2c(Cl)cccc2Cl)c1. The van der Waals surface area contributed by atoms with E-state index >= 15 is 0 Å². The summed E-state index contributed by atoms with van der Waals surface area (Å²) in [6.45, 7) is 3.30. The van der Waals surface area contributed by atoms with Gasteiger partial charge < -0.3 is 15.2 Å². The lowest BCUT2D eigenvalue weighted by Crippen LogP contribution is -2.23. The van der Waals surface area contributed by atoms with Crippen molar-refractivity contribution < 1.29 is 9.84 Å². The van der Waals surface area contributed by atoms with Crippen molar-refractivity contribution in [2.75, 3.05) is 6.54 Å². The standard InChI is InChI=1S/C17H19Cl2NO2/c1-12(21)9-20-10-13-4-2-5-14(8-13)22-11-15-16(18)6-3-7-17(15)19/h2-8,12,20-21H,9-11H2,1H3/t12-/m0/s1. The number of rotatable bonds is 7. The molecule has 3 nitrogen and oxygen atoms in total. The topological polar surface area (TPSA) is 41.5 Å². The molecule has 0 aromatic heterocycles. The van der Waals surface area contributed by atoms with Crippen LogP contribution in [0.3, 0.4) is 0 Å². The van der Waals surface area contributed by atoms with Gasteiger partial charge in [0.25, 0.3) is 0 Å². The Labute approximate surface area is 140 Å². The second kappa shape index (κ2) is 8.39. The van der Waals surface area contributed by atoms with E-state index < -0.39 is 0 Å². The van der Waals surface area contributed by atoms with Gasteiger partial charge >= 0.3 is 0 Å². The molecule has 0 heterocycles. The minimum Gasteiger partial charge on any atom is -0.489 e. The van der Waals surface area contributed by atoms with Gasteiger partial charge in [0, 0.05) is 28.7 Å². The van der Waals surface area contributed by atoms with Gasteiger partial charge in [-0.2, -0.15) is 0 Å². The fraction of sp³-hybridized carbons (Fsp3) is 0.294. The quantitative estimate of drug-likeness (QED) is 0.799. The van der Waals surface area contributed by atoms with Crippen LogP contribution < -0.4 is 10.1 Å². The van der Waals surface area contributed by atoms with E-state index in [0.717, 1.165) is 16.9 Å². The molecule has 1 atom stereocenters. The predicted molar refractivity (Wildman–Crippen MR) is 90.6 cm³/mol. The van der Waals surface area contributed by atoms with Gasteiger partial charge in [-0.05, 0) is 36.8 Å². The number of hydrogen-bond donors (Lipinski definition) is 2. The molecule has 0 aliphatic heterocycles. The average molecular weight is 340 g/mol. The molecule has 0 saturated carbocycles. The Morgan fingerprint density at radius 1 is 1.14 bits per heavy atom. The lowest BCUT2D eigenvalue weighted by Gasteiger charge is -2.11. The highest BCUT2D eigenvalue weighted by Gasteiger charge is 2.06. The first-order valence-electron chi connectivity index (χ1n) is 7.09. The number of hydrogen-bond acceptors (Lipinski definition) is 3. The van der Waals surface area contributed by atoms with Gasteiger partial charge in [-0.1, -0.05) is 41.4 Å². The predicted octanol–water partition coefficient (Wildman–Crippen LogP) is 4.04. The monoisotopic (exact) mass is 339 g/mol. The van der Waals surface area contributed by atoms with Crippen LogP contribution >= 0.6 is 23.2 Å². The average Bonchev–Trinajstić information content (AvgIpc) is 2.47. The van der Waals surface area contributed by atoms with Gasteiger partial charge in [0.05, 0.1) is 6.10 Å². The summed E-state index contributed by atoms with van der Waals surface area (Å²) in [4.78, 5) is 0. The minimum absolute atomic E-state index is 0.322. The van der Waals surface area contributed by atoms with E-state index in [1.165, 1.54) is 0 Å². The second-order valence-corrected chi connectivity index (χ2v) is 5.93. The molecule has 0 fully saturated rings. The molecule has 5 heteroatoms. The zero-order chi connectivity index (χ0) is 15.9. The van der Waals surface area contributed by atoms with Crippen molar-refractivity contribution >= 4 is 23.2 Å². The summed E-state index contributed by atoms with van der Waals surface area (Å²) in [6, 6.07) is 13.2. The highest BCUT2D eigenvalue weighted by molar-refractivity contribution is 6.35. The van der Waals surface area contributed by atoms with Crippen LogP contribution in [0.1, 0.15) is 18.1 Å². The Balaban J connectivity index is 1.96. The molecule has 0 aliphatic carbocycles. The first-order chi connectivity index (χ1) is 10.6. The van der Waals surface area contributed by atoms with Gasteiger partial charge in [0.15, 0.2) is 0 Å². The van der Waals surface area contributed by atoms with E-state index in [9.17, 15) is 5.11 Å². The summed E-state index contributed by atoms with van der Waals surface area (Å²) in [6.07, 6.45) is -0.359. The lowest BCUT2D eigenvalue weighted by molar-refractivity contribution is 0.191. The number of ether oxygens (including phenoxy) is 1. The van der Waals surface area contributed by atoms with E-state index in [0.29, 0.717) is 29.7 Å². The zero-order valence-corrected chi connectivity index (χ0v) is 13.9. The molecule has 0 amide bonds. The molecule has 0 saturated heterocycles. The number of benzene rings is 2. The van der Waals surface area contributed by atoms with Crippen molar-refractivity contribution in [3.8, 4) is 5.75 Å². The molecular weight excluding hydrogens is 321 g/mol. The van der Waals surface area contributed by atoms with Crippen LogP contribution in [0, 0.1) is 0 Å². The van der Waals surface area contributed by atoms with Crippen LogP contribution in [-0.2, 0) is 13.2 Å². The fourth-order valence-electron chi connectivity index (χ4n) is 2.00. The van der Waals surface area contributed by atoms with Crippen LogP contribution in [-0.4, -0.2) is 17.8 Å². The summed E-state index contributed by atoms with van der Waals surface area (Å²) < 4.78 is 5.78. The maximum atomic E-state index is 9.24. The molecule has 2 aromatic rings. The number of aliphatic hydroxyl groups excluding tert-OH is 1. The maximum Gasteiger partial charge on any atom is 0.120 e. The van der Waals surface area contributed by atoms with Crippen molar-refractivity contribution in [3.05, 3.63) is 63.6 Å². The van der Waals surface area contributed by atoms with Crippen LogP contribution in [0.5, 0.6) is 5.75 Å². The third-order valence-electron chi connectivity index (χ3n) is 3.11. The molecule has 0 radical (unpaired) electrons. The largest absolute Gasteiger partial charge is 0.489 e. The van der Waals surface area contributed by atoms with Gasteiger partial charge in [-0.3, -0.25) is 0 Å². The summed E-state index contributed by atoms with van der Waals surface area (Å²) in [5, 5.41) is 13.6. The Morgan fingerprint density at radius 2 is 1.82 bits per heavy atom. The van der Waals surface area contributed by atoms with Crippen molar-refractivity contribution in [1.82, 2.24) is 5.32 Å². The van der Waals surface area contributed by atoms with Crippen molar-refractivity contribution in [3.63, 3.8) is 0 Å². The molecule has 0 aliphatic rings. The van der Waals surface area contributed by atoms with Crippen molar-refractivity contribution in [2.45, 2.75) is 26.2 Å². The number of aliphatic hydroxyl groups is 1. The molecule has 2 rings (SSSR count). The zero-order valence-electron chi connectivity index (χ0n) is 12.4. The molecule has 2 N–H and O–H groups in total. The van der Waals surface area contributed by atoms with Crippen LogP contribution in [0.25, 0.3) is 0 Å². The second-order valence-electron chi connectivity index (χ2n) is 5.12. The lowest BCUT2D eigenvalue weighted by atomic mass is 10.2. The molecule has 22 heavy (non-hydrogen) atoms. The first-order valence-corrected chi connectivity index (χ1v) is 7.85. The van der Waals surface area contributed by atoms with E-state index in [1.54, 1.807) is 19.1 Å². The Kier molecular flexibility index (Phi) is 6.52. The molecule has 2 aromatic carbocycles. The van der Waals surface area contributed by atoms with Crippen molar-refractivity contribution in [2.24, 2.45) is 0 Å². The first kappa shape index (κ1) is 17.1. The molecule has 0 unspecified atom stereocenters. The van der Waals surface area contributed by atoms with Gasteiger partial charge in [0.2, 0.25) is 0 Å². The Morgan fingerprint density at radius 3 is 2.50 bits per heavy atom. The Hall–Kier alpha value is -1.26. The third-order valence-corrected chi connectivity index (χ3v) is 3.82. The summed E-state index contributed by atoms with van der Waals surface area (Å²) >= 11 is 12.3. The summed E-state index contributed by atoms with van der Waals surface area (Å²) in [5.41, 5.74) is 1.87. The highest BCUT2D eigenvalue weighted by atomic mass is 35.5. The number of halogens is 2. The molecule has 118 valence electrons. The summed E-state index contributed by atoms with van der Waals surface area (Å²) in [7, 11) is 0. The van der Waals surface area contributed by atoms with E-state index in [2.05, 4.69) is 5.32 Å². The Bertz CT molecular complexity index is 597.